The van der Waals surface area contributed by atoms with Crippen molar-refractivity contribution in [3.05, 3.63) is 40.6 Å². The highest BCUT2D eigenvalue weighted by molar-refractivity contribution is 5.88. The summed E-state index contributed by atoms with van der Waals surface area (Å²) < 4.78 is 0. The molecular weight excluding hydrogens is 214 g/mol. The molecule has 0 radical (unpaired) electrons. The van der Waals surface area contributed by atoms with E-state index in [1.165, 1.54) is 6.08 Å². The molecule has 0 aliphatic rings. The number of anilines is 1. The second-order valence-electron chi connectivity index (χ2n) is 2.82. The number of carboxylic acid groups (broad SMARTS) is 1. The lowest BCUT2D eigenvalue weighted by Crippen LogP contribution is -2.06. The van der Waals surface area contributed by atoms with Crippen molar-refractivity contribution >= 4 is 17.5 Å². The Labute approximate surface area is 90.6 Å². The number of rotatable bonds is 5. The molecule has 1 heterocycles. The van der Waals surface area contributed by atoms with Gasteiger partial charge in [-0.05, 0) is 0 Å². The predicted molar refractivity (Wildman–Crippen MR) is 56.5 cm³/mol. The summed E-state index contributed by atoms with van der Waals surface area (Å²) in [5.41, 5.74) is -0.599. The van der Waals surface area contributed by atoms with Gasteiger partial charge in [-0.2, -0.15) is 0 Å². The SMILES string of the molecule is C=CCNc1ncc(C(=O)O)cc1[N+](=O)[O-]. The summed E-state index contributed by atoms with van der Waals surface area (Å²) >= 11 is 0. The molecule has 84 valence electrons. The van der Waals surface area contributed by atoms with E-state index in [4.69, 9.17) is 5.11 Å². The van der Waals surface area contributed by atoms with Crippen molar-refractivity contribution in [2.45, 2.75) is 0 Å². The van der Waals surface area contributed by atoms with Crippen molar-refractivity contribution in [3.63, 3.8) is 0 Å². The first-order valence-corrected chi connectivity index (χ1v) is 4.28. The maximum absolute atomic E-state index is 10.7. The number of hydrogen-bond donors (Lipinski definition) is 2. The average Bonchev–Trinajstić information content (AvgIpc) is 2.25. The molecule has 1 aromatic rings. The first kappa shape index (κ1) is 11.6. The Kier molecular flexibility index (Phi) is 3.54. The number of nitro groups is 1. The smallest absolute Gasteiger partial charge is 0.337 e. The zero-order valence-electron chi connectivity index (χ0n) is 8.21. The number of nitrogens with one attached hydrogen (secondary N) is 1. The minimum absolute atomic E-state index is 0.0231. The molecule has 2 N–H and O–H groups in total. The maximum Gasteiger partial charge on any atom is 0.337 e. The topological polar surface area (TPSA) is 105 Å². The van der Waals surface area contributed by atoms with E-state index in [0.717, 1.165) is 12.3 Å². The predicted octanol–water partition coefficient (Wildman–Crippen LogP) is 1.29. The lowest BCUT2D eigenvalue weighted by Gasteiger charge is -2.03. The van der Waals surface area contributed by atoms with Crippen LogP contribution in [0.3, 0.4) is 0 Å². The van der Waals surface area contributed by atoms with Gasteiger partial charge in [-0.25, -0.2) is 9.78 Å². The van der Waals surface area contributed by atoms with Crippen LogP contribution in [-0.4, -0.2) is 27.5 Å². The monoisotopic (exact) mass is 223 g/mol. The molecule has 1 rings (SSSR count). The highest BCUT2D eigenvalue weighted by Crippen LogP contribution is 2.22. The second-order valence-corrected chi connectivity index (χ2v) is 2.82. The van der Waals surface area contributed by atoms with Gasteiger partial charge in [0, 0.05) is 18.8 Å². The minimum Gasteiger partial charge on any atom is -0.478 e. The number of carboxylic acids is 1. The molecule has 0 aromatic carbocycles. The summed E-state index contributed by atoms with van der Waals surface area (Å²) in [5, 5.41) is 22.0. The quantitative estimate of drug-likeness (QED) is 0.442. The number of carbonyl (C=O) groups is 1. The number of aromatic carboxylic acids is 1. The van der Waals surface area contributed by atoms with Gasteiger partial charge in [0.25, 0.3) is 0 Å². The zero-order chi connectivity index (χ0) is 12.1. The fourth-order valence-corrected chi connectivity index (χ4v) is 1.01. The van der Waals surface area contributed by atoms with Gasteiger partial charge in [-0.15, -0.1) is 6.58 Å². The third-order valence-corrected chi connectivity index (χ3v) is 1.73. The largest absolute Gasteiger partial charge is 0.478 e. The zero-order valence-corrected chi connectivity index (χ0v) is 8.21. The van der Waals surface area contributed by atoms with Crippen LogP contribution in [0.2, 0.25) is 0 Å². The molecule has 0 amide bonds. The molecule has 0 aliphatic carbocycles. The summed E-state index contributed by atoms with van der Waals surface area (Å²) in [4.78, 5) is 24.3. The van der Waals surface area contributed by atoms with Crippen molar-refractivity contribution < 1.29 is 14.8 Å². The second kappa shape index (κ2) is 4.87. The highest BCUT2D eigenvalue weighted by Gasteiger charge is 2.18. The maximum atomic E-state index is 10.7. The molecule has 0 unspecified atom stereocenters. The summed E-state index contributed by atoms with van der Waals surface area (Å²) in [6.45, 7) is 3.75. The van der Waals surface area contributed by atoms with E-state index in [0.29, 0.717) is 6.54 Å². The molecule has 0 spiro atoms. The van der Waals surface area contributed by atoms with Crippen LogP contribution in [0.15, 0.2) is 24.9 Å². The Morgan fingerprint density at radius 1 is 1.75 bits per heavy atom. The normalized spacial score (nSPS) is 9.50. The molecule has 0 atom stereocenters. The van der Waals surface area contributed by atoms with Gasteiger partial charge in [0.15, 0.2) is 0 Å². The van der Waals surface area contributed by atoms with E-state index < -0.39 is 10.9 Å². The van der Waals surface area contributed by atoms with Crippen LogP contribution in [0.25, 0.3) is 0 Å². The van der Waals surface area contributed by atoms with Crippen molar-refractivity contribution in [2.75, 3.05) is 11.9 Å². The standard InChI is InChI=1S/C9H9N3O4/c1-2-3-10-8-7(12(15)16)4-6(5-11-8)9(13)14/h2,4-5H,1,3H2,(H,10,11)(H,13,14). The van der Waals surface area contributed by atoms with Crippen molar-refractivity contribution in [3.8, 4) is 0 Å². The van der Waals surface area contributed by atoms with E-state index in [-0.39, 0.29) is 17.1 Å². The van der Waals surface area contributed by atoms with Gasteiger partial charge in [-0.1, -0.05) is 6.08 Å². The van der Waals surface area contributed by atoms with E-state index in [1.54, 1.807) is 0 Å². The Morgan fingerprint density at radius 3 is 2.94 bits per heavy atom. The summed E-state index contributed by atoms with van der Waals surface area (Å²) in [5.74, 6) is -1.24. The van der Waals surface area contributed by atoms with E-state index in [2.05, 4.69) is 16.9 Å². The van der Waals surface area contributed by atoms with Gasteiger partial charge in [0.2, 0.25) is 5.82 Å². The number of nitrogens with zero attached hydrogens (tertiary/aromatic N) is 2. The average molecular weight is 223 g/mol. The number of hydrogen-bond acceptors (Lipinski definition) is 5. The van der Waals surface area contributed by atoms with Crippen molar-refractivity contribution in [1.82, 2.24) is 4.98 Å². The van der Waals surface area contributed by atoms with Crippen molar-refractivity contribution in [2.24, 2.45) is 0 Å². The molecule has 0 saturated carbocycles. The first-order valence-electron chi connectivity index (χ1n) is 4.28. The van der Waals surface area contributed by atoms with Crippen LogP contribution in [0.1, 0.15) is 10.4 Å². The minimum atomic E-state index is -1.26. The van der Waals surface area contributed by atoms with Crippen LogP contribution >= 0.6 is 0 Å². The van der Waals surface area contributed by atoms with Crippen LogP contribution in [0.4, 0.5) is 11.5 Å². The summed E-state index contributed by atoms with van der Waals surface area (Å²) in [6.07, 6.45) is 2.57. The third kappa shape index (κ3) is 2.53. The summed E-state index contributed by atoms with van der Waals surface area (Å²) in [6, 6.07) is 0.959. The van der Waals surface area contributed by atoms with Gasteiger partial charge >= 0.3 is 11.7 Å². The molecular formula is C9H9N3O4. The molecule has 0 saturated heterocycles. The van der Waals surface area contributed by atoms with E-state index in [9.17, 15) is 14.9 Å². The Hall–Kier alpha value is -2.44. The molecule has 16 heavy (non-hydrogen) atoms. The van der Waals surface area contributed by atoms with Crippen LogP contribution in [-0.2, 0) is 0 Å². The molecule has 0 fully saturated rings. The molecule has 1 aromatic heterocycles. The third-order valence-electron chi connectivity index (χ3n) is 1.73. The van der Waals surface area contributed by atoms with Gasteiger partial charge in [0.05, 0.1) is 10.5 Å². The van der Waals surface area contributed by atoms with Crippen LogP contribution in [0, 0.1) is 10.1 Å². The lowest BCUT2D eigenvalue weighted by molar-refractivity contribution is -0.384. The van der Waals surface area contributed by atoms with Gasteiger partial charge < -0.3 is 10.4 Å². The Bertz CT molecular complexity index is 444. The Morgan fingerprint density at radius 2 is 2.44 bits per heavy atom. The fourth-order valence-electron chi connectivity index (χ4n) is 1.01. The van der Waals surface area contributed by atoms with E-state index >= 15 is 0 Å². The number of aromatic nitrogens is 1. The lowest BCUT2D eigenvalue weighted by atomic mass is 10.2. The molecule has 0 aliphatic heterocycles. The van der Waals surface area contributed by atoms with Crippen LogP contribution in [0.5, 0.6) is 0 Å². The molecule has 7 nitrogen and oxygen atoms in total. The van der Waals surface area contributed by atoms with Crippen molar-refractivity contribution in [1.29, 1.82) is 0 Å². The molecule has 7 heteroatoms. The number of pyridine rings is 1. The summed E-state index contributed by atoms with van der Waals surface area (Å²) in [7, 11) is 0. The Balaban J connectivity index is 3.13. The first-order chi connectivity index (χ1) is 7.56. The molecule has 0 bridgehead atoms. The van der Waals surface area contributed by atoms with Gasteiger partial charge in [-0.3, -0.25) is 10.1 Å². The van der Waals surface area contributed by atoms with Gasteiger partial charge in [0.1, 0.15) is 0 Å². The van der Waals surface area contributed by atoms with E-state index in [1.807, 2.05) is 0 Å². The fraction of sp³-hybridized carbons (Fsp3) is 0.111. The van der Waals surface area contributed by atoms with Crippen LogP contribution < -0.4 is 5.32 Å². The highest BCUT2D eigenvalue weighted by atomic mass is 16.6.